The monoisotopic (exact) mass is 945 g/mol. The van der Waals surface area contributed by atoms with Gasteiger partial charge in [0.15, 0.2) is 21.2 Å². The summed E-state index contributed by atoms with van der Waals surface area (Å²) < 4.78 is 11.6. The lowest BCUT2D eigenvalue weighted by atomic mass is 9.92. The molecule has 1 aromatic heterocycles. The third kappa shape index (κ3) is 18.4. The van der Waals surface area contributed by atoms with Gasteiger partial charge in [0.1, 0.15) is 22.5 Å². The van der Waals surface area contributed by atoms with E-state index in [1.165, 1.54) is 11.8 Å². The van der Waals surface area contributed by atoms with Crippen molar-refractivity contribution in [3.8, 4) is 5.75 Å². The van der Waals surface area contributed by atoms with Crippen LogP contribution in [-0.4, -0.2) is 120 Å². The molecule has 1 aliphatic heterocycles. The van der Waals surface area contributed by atoms with Gasteiger partial charge >= 0.3 is 11.9 Å². The van der Waals surface area contributed by atoms with Crippen molar-refractivity contribution in [2.75, 3.05) is 26.9 Å². The van der Waals surface area contributed by atoms with Crippen molar-refractivity contribution < 1.29 is 48.1 Å². The molecule has 1 aliphatic rings. The van der Waals surface area contributed by atoms with Gasteiger partial charge in [-0.2, -0.15) is 0 Å². The van der Waals surface area contributed by atoms with Gasteiger partial charge in [-0.05, 0) is 101 Å². The minimum absolute atomic E-state index is 0.0452. The fourth-order valence-corrected chi connectivity index (χ4v) is 9.87. The zero-order chi connectivity index (χ0) is 48.4. The van der Waals surface area contributed by atoms with Crippen molar-refractivity contribution in [2.24, 2.45) is 17.8 Å². The molecule has 4 amide bonds. The standard InChI is InChI=1S/C47H76N6O10SSi/c1-11-16-41(56)62-29-53(47(60)42(31(5)12-2)51-45(59)38-17-13-14-23-52(38)8)39(30(3)4)27-40(63-33(7)54)46-50-37(28-64-46)44(58)49-35(26-34-18-20-36(55)21-19-34)25-32(6)43(57)48-22-15-24-65(9,10)61/h18-21,28,30-32,35,38-40,42,55,61H,11-17,22-27,29H2,1-10H3,(H,48,57)(H,49,58)(H,51,59)/t31-,32+,35-,38?,39-,40-,42+/m0/s1. The van der Waals surface area contributed by atoms with Crippen LogP contribution in [-0.2, 0) is 39.9 Å². The van der Waals surface area contributed by atoms with E-state index in [2.05, 4.69) is 20.9 Å². The molecule has 0 saturated carbocycles. The number of nitrogens with zero attached hydrogens (tertiary/aromatic N) is 3. The molecule has 0 bridgehead atoms. The molecule has 1 fully saturated rings. The highest BCUT2D eigenvalue weighted by atomic mass is 32.1. The lowest BCUT2D eigenvalue weighted by Gasteiger charge is -2.39. The second kappa shape index (κ2) is 26.7. The van der Waals surface area contributed by atoms with Crippen molar-refractivity contribution in [2.45, 2.75) is 162 Å². The van der Waals surface area contributed by atoms with Gasteiger partial charge < -0.3 is 40.2 Å². The molecule has 18 heteroatoms. The summed E-state index contributed by atoms with van der Waals surface area (Å²) in [7, 11) is -0.335. The third-order valence-electron chi connectivity index (χ3n) is 12.0. The largest absolute Gasteiger partial charge is 0.508 e. The number of phenols is 1. The van der Waals surface area contributed by atoms with E-state index < -0.39 is 62.2 Å². The maximum Gasteiger partial charge on any atom is 0.307 e. The van der Waals surface area contributed by atoms with Crippen LogP contribution in [0.1, 0.15) is 133 Å². The molecule has 2 aromatic rings. The number of aromatic nitrogens is 1. The first-order valence-electron chi connectivity index (χ1n) is 23.3. The van der Waals surface area contributed by atoms with Crippen molar-refractivity contribution in [1.82, 2.24) is 30.7 Å². The van der Waals surface area contributed by atoms with E-state index in [0.717, 1.165) is 36.3 Å². The van der Waals surface area contributed by atoms with Crippen LogP contribution in [0.15, 0.2) is 29.6 Å². The van der Waals surface area contributed by atoms with Gasteiger partial charge in [0.2, 0.25) is 17.7 Å². The smallest absolute Gasteiger partial charge is 0.307 e. The summed E-state index contributed by atoms with van der Waals surface area (Å²) in [6.45, 7) is 17.1. The Bertz CT molecular complexity index is 1860. The Morgan fingerprint density at radius 2 is 1.71 bits per heavy atom. The van der Waals surface area contributed by atoms with E-state index in [1.807, 2.05) is 59.7 Å². The molecule has 0 spiro atoms. The van der Waals surface area contributed by atoms with E-state index in [-0.39, 0.29) is 60.7 Å². The van der Waals surface area contributed by atoms with Gasteiger partial charge in [0.25, 0.3) is 5.91 Å². The number of carbonyl (C=O) groups is 6. The highest BCUT2D eigenvalue weighted by molar-refractivity contribution is 7.09. The summed E-state index contributed by atoms with van der Waals surface area (Å²) in [5.41, 5.74) is 0.904. The van der Waals surface area contributed by atoms with E-state index >= 15 is 0 Å². The number of thiazole rings is 1. The molecule has 1 saturated heterocycles. The van der Waals surface area contributed by atoms with Crippen molar-refractivity contribution >= 4 is 55.2 Å². The van der Waals surface area contributed by atoms with Crippen LogP contribution in [0.25, 0.3) is 0 Å². The number of rotatable bonds is 26. The number of hydrogen-bond donors (Lipinski definition) is 5. The van der Waals surface area contributed by atoms with Crippen molar-refractivity contribution in [3.05, 3.63) is 45.9 Å². The molecule has 7 atom stereocenters. The molecule has 3 rings (SSSR count). The Balaban J connectivity index is 1.92. The number of likely N-dealkylation sites (N-methyl/N-ethyl adjacent to an activating group) is 1. The minimum Gasteiger partial charge on any atom is -0.508 e. The van der Waals surface area contributed by atoms with Crippen LogP contribution >= 0.6 is 11.3 Å². The molecule has 0 radical (unpaired) electrons. The van der Waals surface area contributed by atoms with Crippen LogP contribution in [0.5, 0.6) is 5.75 Å². The molecule has 5 N–H and O–H groups in total. The minimum atomic E-state index is -2.24. The molecule has 1 unspecified atom stereocenters. The number of benzene rings is 1. The number of piperidine rings is 1. The summed E-state index contributed by atoms with van der Waals surface area (Å²) >= 11 is 1.12. The Labute approximate surface area is 391 Å². The van der Waals surface area contributed by atoms with Crippen LogP contribution in [0.4, 0.5) is 0 Å². The lowest BCUT2D eigenvalue weighted by molar-refractivity contribution is -0.160. The van der Waals surface area contributed by atoms with Crippen LogP contribution in [0, 0.1) is 17.8 Å². The highest BCUT2D eigenvalue weighted by Gasteiger charge is 2.39. The number of ether oxygens (including phenoxy) is 2. The molecular weight excluding hydrogens is 869 g/mol. The average Bonchev–Trinajstić information content (AvgIpc) is 3.74. The van der Waals surface area contributed by atoms with Crippen molar-refractivity contribution in [3.63, 3.8) is 0 Å². The Morgan fingerprint density at radius 1 is 1.02 bits per heavy atom. The number of likely N-dealkylation sites (tertiary alicyclic amines) is 1. The van der Waals surface area contributed by atoms with E-state index in [9.17, 15) is 38.7 Å². The molecule has 364 valence electrons. The second-order valence-corrected chi connectivity index (χ2v) is 23.7. The number of hydrogen-bond acceptors (Lipinski definition) is 13. The average molecular weight is 945 g/mol. The van der Waals surface area contributed by atoms with Crippen LogP contribution in [0.2, 0.25) is 19.1 Å². The summed E-state index contributed by atoms with van der Waals surface area (Å²) in [5, 5.41) is 20.8. The van der Waals surface area contributed by atoms with Crippen LogP contribution in [0.3, 0.4) is 0 Å². The number of carbonyl (C=O) groups excluding carboxylic acids is 6. The van der Waals surface area contributed by atoms with E-state index in [0.29, 0.717) is 56.1 Å². The molecule has 1 aromatic carbocycles. The quantitative estimate of drug-likeness (QED) is 0.0314. The fourth-order valence-electron chi connectivity index (χ4n) is 7.99. The third-order valence-corrected chi connectivity index (χ3v) is 14.5. The molecule has 65 heavy (non-hydrogen) atoms. The Kier molecular flexibility index (Phi) is 22.5. The van der Waals surface area contributed by atoms with Crippen molar-refractivity contribution in [1.29, 1.82) is 0 Å². The zero-order valence-corrected chi connectivity index (χ0v) is 42.1. The van der Waals surface area contributed by atoms with E-state index in [1.54, 1.807) is 36.6 Å². The lowest BCUT2D eigenvalue weighted by Crippen LogP contribution is -2.59. The second-order valence-electron chi connectivity index (χ2n) is 18.7. The Hall–Kier alpha value is -4.39. The summed E-state index contributed by atoms with van der Waals surface area (Å²) in [5.74, 6) is -3.31. The summed E-state index contributed by atoms with van der Waals surface area (Å²) in [6, 6.07) is 4.79. The number of phenolic OH excluding ortho intramolecular Hbond substituents is 1. The first-order valence-corrected chi connectivity index (χ1v) is 27.3. The fraction of sp³-hybridized carbons (Fsp3) is 0.681. The van der Waals surface area contributed by atoms with E-state index in [4.69, 9.17) is 9.47 Å². The van der Waals surface area contributed by atoms with Gasteiger partial charge in [-0.3, -0.25) is 33.7 Å². The van der Waals surface area contributed by atoms with Gasteiger partial charge in [-0.25, -0.2) is 4.98 Å². The van der Waals surface area contributed by atoms with Gasteiger partial charge in [-0.1, -0.05) is 66.5 Å². The predicted octanol–water partition coefficient (Wildman–Crippen LogP) is 6.08. The molecule has 16 nitrogen and oxygen atoms in total. The Morgan fingerprint density at radius 3 is 2.31 bits per heavy atom. The summed E-state index contributed by atoms with van der Waals surface area (Å²) in [6.07, 6.45) is 4.22. The van der Waals surface area contributed by atoms with Gasteiger partial charge in [-0.15, -0.1) is 11.3 Å². The maximum absolute atomic E-state index is 14.9. The number of amides is 4. The molecular formula is C47H76N6O10SSi. The van der Waals surface area contributed by atoms with Gasteiger partial charge in [0.05, 0.1) is 6.04 Å². The zero-order valence-electron chi connectivity index (χ0n) is 40.3. The SMILES string of the molecule is CCCC(=O)OCN(C(=O)[C@H](NC(=O)C1CCCCN1C)[C@@H](C)CC)[C@@H](C[C@H](OC(C)=O)c1nc(C(=O)N[C@H](Cc2ccc(O)cc2)C[C@@H](C)C(=O)NCCC[Si](C)(C)O)cs1)C(C)C. The maximum atomic E-state index is 14.9. The number of nitrogens with one attached hydrogen (secondary N) is 3. The normalized spacial score (nSPS) is 17.2. The molecule has 2 heterocycles. The number of esters is 2. The predicted molar refractivity (Wildman–Crippen MR) is 253 cm³/mol. The molecule has 0 aliphatic carbocycles. The number of aromatic hydroxyl groups is 1. The summed E-state index contributed by atoms with van der Waals surface area (Å²) in [4.78, 5) is 99.5. The van der Waals surface area contributed by atoms with Gasteiger partial charge in [0, 0.05) is 49.7 Å². The van der Waals surface area contributed by atoms with Crippen LogP contribution < -0.4 is 16.0 Å². The topological polar surface area (TPSA) is 217 Å². The first kappa shape index (κ1) is 54.9. The highest BCUT2D eigenvalue weighted by Crippen LogP contribution is 2.32. The first-order chi connectivity index (χ1) is 30.6.